The van der Waals surface area contributed by atoms with Gasteiger partial charge in [-0.15, -0.1) is 0 Å². The average molecular weight is 292 g/mol. The molecule has 2 fully saturated rings. The van der Waals surface area contributed by atoms with E-state index in [1.807, 2.05) is 24.0 Å². The van der Waals surface area contributed by atoms with Crippen LogP contribution in [0.3, 0.4) is 0 Å². The quantitative estimate of drug-likeness (QED) is 0.894. The molecule has 1 saturated heterocycles. The maximum Gasteiger partial charge on any atom is 0.237 e. The molecule has 1 N–H and O–H groups in total. The van der Waals surface area contributed by atoms with E-state index in [-0.39, 0.29) is 12.0 Å². The molecule has 5 nitrogen and oxygen atoms in total. The Morgan fingerprint density at radius 1 is 1.43 bits per heavy atom. The van der Waals surface area contributed by atoms with Crippen LogP contribution in [0.5, 0.6) is 0 Å². The number of rotatable bonds is 5. The van der Waals surface area contributed by atoms with E-state index in [0.717, 1.165) is 43.7 Å². The second-order valence-electron chi connectivity index (χ2n) is 6.30. The summed E-state index contributed by atoms with van der Waals surface area (Å²) in [6.45, 7) is 4.41. The molecule has 1 saturated carbocycles. The third-order valence-corrected chi connectivity index (χ3v) is 4.27. The fourth-order valence-corrected chi connectivity index (χ4v) is 3.00. The van der Waals surface area contributed by atoms with Crippen molar-refractivity contribution < 1.29 is 14.3 Å². The standard InChI is InChI=1S/C16H24N2O3/c1-12-4-7-15(21-12)10-18(13-5-6-13)16(20)11-17-8-2-3-14(19)9-17/h4,7,13-14,19H,2-3,5-6,8-11H2,1H3. The second kappa shape index (κ2) is 6.20. The van der Waals surface area contributed by atoms with Crippen molar-refractivity contribution in [2.75, 3.05) is 19.6 Å². The lowest BCUT2D eigenvalue weighted by Crippen LogP contribution is -2.46. The Balaban J connectivity index is 1.59. The molecule has 1 unspecified atom stereocenters. The molecule has 21 heavy (non-hydrogen) atoms. The first kappa shape index (κ1) is 14.6. The van der Waals surface area contributed by atoms with Crippen LogP contribution in [0.1, 0.15) is 37.2 Å². The van der Waals surface area contributed by atoms with Gasteiger partial charge in [-0.05, 0) is 51.3 Å². The minimum absolute atomic E-state index is 0.153. The molecule has 2 heterocycles. The van der Waals surface area contributed by atoms with Crippen molar-refractivity contribution in [2.45, 2.75) is 51.3 Å². The molecule has 0 radical (unpaired) electrons. The van der Waals surface area contributed by atoms with Crippen molar-refractivity contribution >= 4 is 5.91 Å². The Bertz CT molecular complexity index is 495. The van der Waals surface area contributed by atoms with Crippen LogP contribution >= 0.6 is 0 Å². The Morgan fingerprint density at radius 2 is 2.24 bits per heavy atom. The van der Waals surface area contributed by atoms with Crippen LogP contribution in [0.2, 0.25) is 0 Å². The van der Waals surface area contributed by atoms with Crippen LogP contribution < -0.4 is 0 Å². The summed E-state index contributed by atoms with van der Waals surface area (Å²) in [5.74, 6) is 1.89. The number of hydrogen-bond acceptors (Lipinski definition) is 4. The maximum atomic E-state index is 12.6. The third kappa shape index (κ3) is 3.86. The van der Waals surface area contributed by atoms with Gasteiger partial charge in [0.2, 0.25) is 5.91 Å². The summed E-state index contributed by atoms with van der Waals surface area (Å²) in [6.07, 6.45) is 3.72. The zero-order valence-electron chi connectivity index (χ0n) is 12.6. The highest BCUT2D eigenvalue weighted by atomic mass is 16.3. The number of carbonyl (C=O) groups is 1. The van der Waals surface area contributed by atoms with Crippen LogP contribution in [0.15, 0.2) is 16.5 Å². The molecule has 1 amide bonds. The van der Waals surface area contributed by atoms with Crippen LogP contribution in [0.4, 0.5) is 0 Å². The highest BCUT2D eigenvalue weighted by Gasteiger charge is 2.34. The Kier molecular flexibility index (Phi) is 4.31. The summed E-state index contributed by atoms with van der Waals surface area (Å²) in [5.41, 5.74) is 0. The van der Waals surface area contributed by atoms with E-state index in [2.05, 4.69) is 4.90 Å². The lowest BCUT2D eigenvalue weighted by Gasteiger charge is -2.31. The van der Waals surface area contributed by atoms with Crippen molar-refractivity contribution in [1.82, 2.24) is 9.80 Å². The van der Waals surface area contributed by atoms with Crippen LogP contribution in [-0.4, -0.2) is 52.6 Å². The monoisotopic (exact) mass is 292 g/mol. The molecule has 0 aromatic carbocycles. The number of nitrogens with zero attached hydrogens (tertiary/aromatic N) is 2. The number of aliphatic hydroxyl groups excluding tert-OH is 1. The van der Waals surface area contributed by atoms with E-state index in [9.17, 15) is 9.90 Å². The first-order valence-corrected chi connectivity index (χ1v) is 7.87. The number of furan rings is 1. The minimum Gasteiger partial charge on any atom is -0.464 e. The molecule has 3 rings (SSSR count). The first-order chi connectivity index (χ1) is 10.1. The number of hydrogen-bond donors (Lipinski definition) is 1. The topological polar surface area (TPSA) is 56.9 Å². The molecule has 2 aliphatic rings. The van der Waals surface area contributed by atoms with Crippen LogP contribution in [-0.2, 0) is 11.3 Å². The van der Waals surface area contributed by atoms with E-state index in [1.165, 1.54) is 0 Å². The Morgan fingerprint density at radius 3 is 2.86 bits per heavy atom. The molecule has 0 bridgehead atoms. The molecule has 1 aromatic heterocycles. The molecule has 1 aliphatic heterocycles. The second-order valence-corrected chi connectivity index (χ2v) is 6.30. The number of β-amino-alcohol motifs (C(OH)–C–C–N with tert-alkyl or cyclic N) is 1. The normalized spacial score (nSPS) is 23.2. The highest BCUT2D eigenvalue weighted by molar-refractivity contribution is 5.79. The molecule has 1 aliphatic carbocycles. The van der Waals surface area contributed by atoms with Crippen molar-refractivity contribution in [3.8, 4) is 0 Å². The lowest BCUT2D eigenvalue weighted by molar-refractivity contribution is -0.134. The number of amides is 1. The zero-order valence-corrected chi connectivity index (χ0v) is 12.6. The van der Waals surface area contributed by atoms with Gasteiger partial charge in [-0.25, -0.2) is 0 Å². The minimum atomic E-state index is -0.284. The number of aliphatic hydroxyl groups is 1. The molecule has 1 atom stereocenters. The van der Waals surface area contributed by atoms with Crippen molar-refractivity contribution in [3.05, 3.63) is 23.7 Å². The molecule has 1 aromatic rings. The summed E-state index contributed by atoms with van der Waals surface area (Å²) in [7, 11) is 0. The zero-order chi connectivity index (χ0) is 14.8. The van der Waals surface area contributed by atoms with Gasteiger partial charge in [0.25, 0.3) is 0 Å². The van der Waals surface area contributed by atoms with E-state index < -0.39 is 0 Å². The largest absolute Gasteiger partial charge is 0.464 e. The van der Waals surface area contributed by atoms with Gasteiger partial charge < -0.3 is 14.4 Å². The first-order valence-electron chi connectivity index (χ1n) is 7.87. The van der Waals surface area contributed by atoms with Gasteiger partial charge in [0.05, 0.1) is 19.2 Å². The SMILES string of the molecule is Cc1ccc(CN(C(=O)CN2CCCC(O)C2)C2CC2)o1. The van der Waals surface area contributed by atoms with Gasteiger partial charge in [0.1, 0.15) is 11.5 Å². The van der Waals surface area contributed by atoms with Crippen molar-refractivity contribution in [2.24, 2.45) is 0 Å². The van der Waals surface area contributed by atoms with Gasteiger partial charge in [-0.1, -0.05) is 0 Å². The average Bonchev–Trinajstić information content (AvgIpc) is 3.19. The number of aryl methyl sites for hydroxylation is 1. The van der Waals surface area contributed by atoms with E-state index in [1.54, 1.807) is 0 Å². The number of likely N-dealkylation sites (tertiary alicyclic amines) is 1. The third-order valence-electron chi connectivity index (χ3n) is 4.27. The van der Waals surface area contributed by atoms with Gasteiger partial charge in [-0.3, -0.25) is 9.69 Å². The highest BCUT2D eigenvalue weighted by Crippen LogP contribution is 2.29. The van der Waals surface area contributed by atoms with E-state index in [0.29, 0.717) is 25.7 Å². The molecular weight excluding hydrogens is 268 g/mol. The summed E-state index contributed by atoms with van der Waals surface area (Å²) in [5, 5.41) is 9.71. The fraction of sp³-hybridized carbons (Fsp3) is 0.688. The summed E-state index contributed by atoms with van der Waals surface area (Å²) in [4.78, 5) is 16.6. The predicted octanol–water partition coefficient (Wildman–Crippen LogP) is 1.54. The van der Waals surface area contributed by atoms with Gasteiger partial charge >= 0.3 is 0 Å². The number of piperidine rings is 1. The summed E-state index contributed by atoms with van der Waals surface area (Å²) in [6, 6.07) is 4.26. The molecule has 0 spiro atoms. The van der Waals surface area contributed by atoms with Crippen molar-refractivity contribution in [1.29, 1.82) is 0 Å². The Labute approximate surface area is 125 Å². The van der Waals surface area contributed by atoms with Gasteiger partial charge in [0.15, 0.2) is 0 Å². The predicted molar refractivity (Wildman–Crippen MR) is 78.7 cm³/mol. The smallest absolute Gasteiger partial charge is 0.237 e. The maximum absolute atomic E-state index is 12.6. The van der Waals surface area contributed by atoms with Gasteiger partial charge in [-0.2, -0.15) is 0 Å². The fourth-order valence-electron chi connectivity index (χ4n) is 3.00. The number of carbonyl (C=O) groups excluding carboxylic acids is 1. The van der Waals surface area contributed by atoms with Crippen molar-refractivity contribution in [3.63, 3.8) is 0 Å². The van der Waals surface area contributed by atoms with Crippen LogP contribution in [0.25, 0.3) is 0 Å². The molecule has 116 valence electrons. The van der Waals surface area contributed by atoms with Gasteiger partial charge in [0, 0.05) is 12.6 Å². The molecular formula is C16H24N2O3. The summed E-state index contributed by atoms with van der Waals surface area (Å²) < 4.78 is 5.60. The summed E-state index contributed by atoms with van der Waals surface area (Å²) >= 11 is 0. The Hall–Kier alpha value is -1.33. The molecule has 5 heteroatoms. The lowest BCUT2D eigenvalue weighted by atomic mass is 10.1. The van der Waals surface area contributed by atoms with Crippen LogP contribution in [0, 0.1) is 6.92 Å². The van der Waals surface area contributed by atoms with E-state index in [4.69, 9.17) is 4.42 Å². The van der Waals surface area contributed by atoms with E-state index >= 15 is 0 Å².